The van der Waals surface area contributed by atoms with E-state index in [0.717, 1.165) is 11.1 Å². The van der Waals surface area contributed by atoms with Gasteiger partial charge in [0, 0.05) is 16.8 Å². The van der Waals surface area contributed by atoms with Crippen molar-refractivity contribution in [2.45, 2.75) is 13.8 Å². The molecular weight excluding hydrogens is 320 g/mol. The van der Waals surface area contributed by atoms with E-state index in [9.17, 15) is 14.9 Å². The van der Waals surface area contributed by atoms with Crippen LogP contribution in [0.4, 0.5) is 11.4 Å². The van der Waals surface area contributed by atoms with Crippen LogP contribution in [0.25, 0.3) is 0 Å². The predicted octanol–water partition coefficient (Wildman–Crippen LogP) is 3.88. The Bertz CT molecular complexity index is 762. The number of ether oxygens (including phenoxy) is 1. The minimum Gasteiger partial charge on any atom is -0.477 e. The second-order valence-corrected chi connectivity index (χ2v) is 5.46. The third kappa shape index (κ3) is 4.43. The fraction of sp³-hybridized carbons (Fsp3) is 0.188. The van der Waals surface area contributed by atoms with E-state index in [2.05, 4.69) is 5.32 Å². The molecule has 0 aliphatic heterocycles. The number of hydrogen-bond acceptors (Lipinski definition) is 4. The van der Waals surface area contributed by atoms with Gasteiger partial charge in [-0.25, -0.2) is 0 Å². The molecule has 0 fully saturated rings. The first-order valence-electron chi connectivity index (χ1n) is 6.80. The molecule has 0 aromatic heterocycles. The van der Waals surface area contributed by atoms with Crippen LogP contribution < -0.4 is 10.1 Å². The highest BCUT2D eigenvalue weighted by Gasteiger charge is 2.16. The summed E-state index contributed by atoms with van der Waals surface area (Å²) in [6.45, 7) is 3.28. The maximum atomic E-state index is 12.0. The summed E-state index contributed by atoms with van der Waals surface area (Å²) in [5.74, 6) is -0.362. The van der Waals surface area contributed by atoms with Crippen molar-refractivity contribution in [3.05, 3.63) is 62.7 Å². The van der Waals surface area contributed by atoms with Crippen LogP contribution in [0.2, 0.25) is 5.02 Å². The van der Waals surface area contributed by atoms with Crippen LogP contribution in [-0.4, -0.2) is 17.4 Å². The van der Waals surface area contributed by atoms with Gasteiger partial charge in [0.05, 0.1) is 4.92 Å². The summed E-state index contributed by atoms with van der Waals surface area (Å²) in [5.41, 5.74) is 2.05. The topological polar surface area (TPSA) is 81.5 Å². The first-order valence-corrected chi connectivity index (χ1v) is 7.18. The van der Waals surface area contributed by atoms with Gasteiger partial charge in [-0.2, -0.15) is 0 Å². The number of nitro benzene ring substituents is 1. The summed E-state index contributed by atoms with van der Waals surface area (Å²) in [6.07, 6.45) is 0. The lowest BCUT2D eigenvalue weighted by molar-refractivity contribution is -0.385. The monoisotopic (exact) mass is 334 g/mol. The summed E-state index contributed by atoms with van der Waals surface area (Å²) >= 11 is 5.89. The van der Waals surface area contributed by atoms with E-state index in [1.165, 1.54) is 12.1 Å². The van der Waals surface area contributed by atoms with Crippen molar-refractivity contribution in [3.63, 3.8) is 0 Å². The first-order chi connectivity index (χ1) is 10.9. The number of aryl methyl sites for hydroxylation is 2. The Morgan fingerprint density at radius 3 is 2.70 bits per heavy atom. The number of hydrogen-bond donors (Lipinski definition) is 1. The summed E-state index contributed by atoms with van der Waals surface area (Å²) < 4.78 is 5.30. The molecule has 0 saturated carbocycles. The molecule has 23 heavy (non-hydrogen) atoms. The van der Waals surface area contributed by atoms with E-state index < -0.39 is 10.8 Å². The van der Waals surface area contributed by atoms with Crippen LogP contribution in [0, 0.1) is 24.0 Å². The number of amides is 1. The molecule has 1 amide bonds. The van der Waals surface area contributed by atoms with Crippen LogP contribution >= 0.6 is 11.6 Å². The number of halogens is 1. The highest BCUT2D eigenvalue weighted by Crippen LogP contribution is 2.27. The zero-order valence-corrected chi connectivity index (χ0v) is 13.4. The second-order valence-electron chi connectivity index (χ2n) is 5.02. The van der Waals surface area contributed by atoms with Crippen molar-refractivity contribution in [3.8, 4) is 5.75 Å². The molecule has 0 radical (unpaired) electrons. The number of rotatable bonds is 5. The molecule has 0 unspecified atom stereocenters. The Kier molecular flexibility index (Phi) is 5.18. The average Bonchev–Trinajstić information content (AvgIpc) is 2.48. The molecule has 0 saturated heterocycles. The van der Waals surface area contributed by atoms with Gasteiger partial charge in [-0.05, 0) is 43.2 Å². The Morgan fingerprint density at radius 1 is 1.26 bits per heavy atom. The lowest BCUT2D eigenvalue weighted by atomic mass is 10.2. The highest BCUT2D eigenvalue weighted by molar-refractivity contribution is 6.31. The molecule has 0 bridgehead atoms. The molecule has 1 N–H and O–H groups in total. The van der Waals surface area contributed by atoms with Crippen molar-refractivity contribution < 1.29 is 14.5 Å². The van der Waals surface area contributed by atoms with Crippen LogP contribution in [0.15, 0.2) is 36.4 Å². The molecule has 0 atom stereocenters. The zero-order valence-electron chi connectivity index (χ0n) is 12.6. The SMILES string of the molecule is Cc1ccc([N+](=O)[O-])c(OCC(=O)Nc2cc(Cl)ccc2C)c1. The zero-order chi connectivity index (χ0) is 17.0. The molecule has 2 aromatic carbocycles. The maximum absolute atomic E-state index is 12.0. The van der Waals surface area contributed by atoms with Crippen LogP contribution in [0.1, 0.15) is 11.1 Å². The summed E-state index contributed by atoms with van der Waals surface area (Å²) in [5, 5.41) is 14.1. The average molecular weight is 335 g/mol. The van der Waals surface area contributed by atoms with Gasteiger partial charge in [0.25, 0.3) is 5.91 Å². The standard InChI is InChI=1S/C16H15ClN2O4/c1-10-3-6-14(19(21)22)15(7-10)23-9-16(20)18-13-8-12(17)5-4-11(13)2/h3-8H,9H2,1-2H3,(H,18,20). The van der Waals surface area contributed by atoms with Gasteiger partial charge in [-0.1, -0.05) is 23.7 Å². The largest absolute Gasteiger partial charge is 0.477 e. The van der Waals surface area contributed by atoms with E-state index >= 15 is 0 Å². The van der Waals surface area contributed by atoms with Crippen molar-refractivity contribution in [2.75, 3.05) is 11.9 Å². The molecule has 7 heteroatoms. The normalized spacial score (nSPS) is 10.2. The molecule has 0 heterocycles. The fourth-order valence-electron chi connectivity index (χ4n) is 1.95. The van der Waals surface area contributed by atoms with Crippen LogP contribution in [0.3, 0.4) is 0 Å². The molecule has 2 aromatic rings. The number of nitrogens with one attached hydrogen (secondary N) is 1. The van der Waals surface area contributed by atoms with E-state index in [1.807, 2.05) is 6.92 Å². The lowest BCUT2D eigenvalue weighted by Crippen LogP contribution is -2.21. The van der Waals surface area contributed by atoms with Crippen molar-refractivity contribution in [2.24, 2.45) is 0 Å². The second kappa shape index (κ2) is 7.11. The van der Waals surface area contributed by atoms with E-state index in [0.29, 0.717) is 10.7 Å². The number of carbonyl (C=O) groups is 1. The van der Waals surface area contributed by atoms with Gasteiger partial charge < -0.3 is 10.1 Å². The molecule has 0 aliphatic rings. The molecule has 2 rings (SSSR count). The number of benzene rings is 2. The summed E-state index contributed by atoms with van der Waals surface area (Å²) in [4.78, 5) is 22.4. The van der Waals surface area contributed by atoms with E-state index in [1.54, 1.807) is 31.2 Å². The van der Waals surface area contributed by atoms with Crippen LogP contribution in [-0.2, 0) is 4.79 Å². The van der Waals surface area contributed by atoms with Gasteiger partial charge in [-0.3, -0.25) is 14.9 Å². The molecule has 6 nitrogen and oxygen atoms in total. The molecule has 120 valence electrons. The van der Waals surface area contributed by atoms with E-state index in [4.69, 9.17) is 16.3 Å². The number of nitrogens with zero attached hydrogens (tertiary/aromatic N) is 1. The molecule has 0 spiro atoms. The minimum absolute atomic E-state index is 0.0629. The van der Waals surface area contributed by atoms with Crippen LogP contribution in [0.5, 0.6) is 5.75 Å². The summed E-state index contributed by atoms with van der Waals surface area (Å²) in [6, 6.07) is 9.62. The number of nitro groups is 1. The van der Waals surface area contributed by atoms with Crippen molar-refractivity contribution >= 4 is 28.9 Å². The third-order valence-electron chi connectivity index (χ3n) is 3.14. The highest BCUT2D eigenvalue weighted by atomic mass is 35.5. The minimum atomic E-state index is -0.548. The predicted molar refractivity (Wildman–Crippen MR) is 88.1 cm³/mol. The van der Waals surface area contributed by atoms with Gasteiger partial charge >= 0.3 is 5.69 Å². The fourth-order valence-corrected chi connectivity index (χ4v) is 2.12. The van der Waals surface area contributed by atoms with Gasteiger partial charge in [0.15, 0.2) is 12.4 Å². The lowest BCUT2D eigenvalue weighted by Gasteiger charge is -2.10. The van der Waals surface area contributed by atoms with Gasteiger partial charge in [0.2, 0.25) is 0 Å². The maximum Gasteiger partial charge on any atom is 0.310 e. The Balaban J connectivity index is 2.06. The third-order valence-corrected chi connectivity index (χ3v) is 3.38. The smallest absolute Gasteiger partial charge is 0.310 e. The van der Waals surface area contributed by atoms with Gasteiger partial charge in [-0.15, -0.1) is 0 Å². The van der Waals surface area contributed by atoms with Crippen molar-refractivity contribution in [1.82, 2.24) is 0 Å². The molecule has 0 aliphatic carbocycles. The van der Waals surface area contributed by atoms with Gasteiger partial charge in [0.1, 0.15) is 0 Å². The van der Waals surface area contributed by atoms with Crippen molar-refractivity contribution in [1.29, 1.82) is 0 Å². The summed E-state index contributed by atoms with van der Waals surface area (Å²) in [7, 11) is 0. The quantitative estimate of drug-likeness (QED) is 0.664. The first kappa shape index (κ1) is 16.8. The Labute approximate surface area is 138 Å². The Morgan fingerprint density at radius 2 is 2.00 bits per heavy atom. The van der Waals surface area contributed by atoms with E-state index in [-0.39, 0.29) is 18.0 Å². The number of carbonyl (C=O) groups excluding carboxylic acids is 1. The Hall–Kier alpha value is -2.60. The molecular formula is C16H15ClN2O4. The number of anilines is 1.